The van der Waals surface area contributed by atoms with Gasteiger partial charge in [0.25, 0.3) is 5.91 Å². The minimum atomic E-state index is -4.49. The number of rotatable bonds is 4. The third kappa shape index (κ3) is 3.53. The number of pyridine rings is 1. The van der Waals surface area contributed by atoms with E-state index in [0.717, 1.165) is 23.6 Å². The summed E-state index contributed by atoms with van der Waals surface area (Å²) in [6.45, 7) is 1.29. The van der Waals surface area contributed by atoms with E-state index in [1.165, 1.54) is 23.5 Å². The van der Waals surface area contributed by atoms with Crippen LogP contribution in [-0.2, 0) is 12.7 Å². The lowest BCUT2D eigenvalue weighted by Gasteiger charge is -2.07. The van der Waals surface area contributed by atoms with Gasteiger partial charge in [0.15, 0.2) is 17.3 Å². The van der Waals surface area contributed by atoms with E-state index in [1.54, 1.807) is 6.07 Å². The molecule has 0 aromatic carbocycles. The summed E-state index contributed by atoms with van der Waals surface area (Å²) in [5.74, 6) is -0.425. The molecule has 0 spiro atoms. The molecule has 1 amide bonds. The van der Waals surface area contributed by atoms with Gasteiger partial charge in [-0.15, -0.1) is 21.5 Å². The number of hydrogen-bond donors (Lipinski definition) is 1. The topological polar surface area (TPSA) is 76.4 Å². The number of amides is 1. The summed E-state index contributed by atoms with van der Waals surface area (Å²) in [6, 6.07) is 5.19. The molecule has 0 saturated carbocycles. The van der Waals surface area contributed by atoms with Crippen LogP contribution in [0, 0.1) is 0 Å². The summed E-state index contributed by atoms with van der Waals surface area (Å²) in [5, 5.41) is 10.1. The summed E-state index contributed by atoms with van der Waals surface area (Å²) >= 11 is 1.04. The van der Waals surface area contributed by atoms with Crippen LogP contribution in [0.2, 0.25) is 0 Å². The lowest BCUT2D eigenvalue weighted by atomic mass is 10.3. The van der Waals surface area contributed by atoms with Crippen molar-refractivity contribution in [3.8, 4) is 0 Å². The summed E-state index contributed by atoms with van der Waals surface area (Å²) in [7, 11) is 0. The van der Waals surface area contributed by atoms with Gasteiger partial charge < -0.3 is 5.32 Å². The molecule has 10 heteroatoms. The first-order chi connectivity index (χ1) is 11.8. The zero-order chi connectivity index (χ0) is 18.2. The van der Waals surface area contributed by atoms with Crippen molar-refractivity contribution in [3.05, 3.63) is 51.6 Å². The molecule has 0 aliphatic rings. The summed E-state index contributed by atoms with van der Waals surface area (Å²) in [6.07, 6.45) is -3.60. The summed E-state index contributed by atoms with van der Waals surface area (Å²) < 4.78 is 39.6. The molecule has 3 heterocycles. The van der Waals surface area contributed by atoms with Crippen LogP contribution in [0.5, 0.6) is 0 Å². The van der Waals surface area contributed by atoms with Crippen LogP contribution in [0.25, 0.3) is 5.65 Å². The van der Waals surface area contributed by atoms with Gasteiger partial charge in [0.2, 0.25) is 0 Å². The maximum atomic E-state index is 12.8. The molecule has 6 nitrogen and oxygen atoms in total. The number of thiophene rings is 1. The lowest BCUT2D eigenvalue weighted by Crippen LogP contribution is -2.23. The fourth-order valence-corrected chi connectivity index (χ4v) is 2.94. The number of halogens is 3. The SMILES string of the molecule is CC(=O)c1ccc(C(=O)NCc2nnc3ccc(C(F)(F)F)cn23)s1. The van der Waals surface area contributed by atoms with Crippen molar-refractivity contribution in [3.63, 3.8) is 0 Å². The van der Waals surface area contributed by atoms with Crippen molar-refractivity contribution in [2.24, 2.45) is 0 Å². The highest BCUT2D eigenvalue weighted by Gasteiger charge is 2.31. The highest BCUT2D eigenvalue weighted by Crippen LogP contribution is 2.29. The number of aromatic nitrogens is 3. The number of Topliss-reactive ketones (excluding diaryl/α,β-unsaturated/α-hetero) is 1. The molecule has 3 aromatic rings. The van der Waals surface area contributed by atoms with Gasteiger partial charge in [-0.05, 0) is 31.2 Å². The van der Waals surface area contributed by atoms with Gasteiger partial charge in [0.1, 0.15) is 0 Å². The molecule has 3 rings (SSSR count). The monoisotopic (exact) mass is 368 g/mol. The van der Waals surface area contributed by atoms with Crippen molar-refractivity contribution in [1.82, 2.24) is 19.9 Å². The molecule has 0 atom stereocenters. The number of alkyl halides is 3. The molecule has 0 fully saturated rings. The Morgan fingerprint density at radius 3 is 2.52 bits per heavy atom. The first-order valence-corrected chi connectivity index (χ1v) is 7.87. The first kappa shape index (κ1) is 17.1. The normalized spacial score (nSPS) is 11.7. The van der Waals surface area contributed by atoms with E-state index in [4.69, 9.17) is 0 Å². The van der Waals surface area contributed by atoms with E-state index in [0.29, 0.717) is 9.75 Å². The van der Waals surface area contributed by atoms with Crippen LogP contribution in [0.4, 0.5) is 13.2 Å². The zero-order valence-corrected chi connectivity index (χ0v) is 13.6. The minimum Gasteiger partial charge on any atom is -0.344 e. The van der Waals surface area contributed by atoms with E-state index >= 15 is 0 Å². The maximum Gasteiger partial charge on any atom is 0.417 e. The molecule has 0 bridgehead atoms. The van der Waals surface area contributed by atoms with Crippen LogP contribution in [-0.4, -0.2) is 26.3 Å². The van der Waals surface area contributed by atoms with Crippen LogP contribution in [0.3, 0.4) is 0 Å². The van der Waals surface area contributed by atoms with E-state index in [-0.39, 0.29) is 23.8 Å². The molecule has 0 saturated heterocycles. The predicted octanol–water partition coefficient (Wildman–Crippen LogP) is 2.94. The third-order valence-corrected chi connectivity index (χ3v) is 4.57. The second-order valence-corrected chi connectivity index (χ2v) is 6.25. The smallest absolute Gasteiger partial charge is 0.344 e. The van der Waals surface area contributed by atoms with Crippen molar-refractivity contribution < 1.29 is 22.8 Å². The molecular weight excluding hydrogens is 357 g/mol. The van der Waals surface area contributed by atoms with Gasteiger partial charge in [-0.2, -0.15) is 13.2 Å². The predicted molar refractivity (Wildman–Crippen MR) is 83.5 cm³/mol. The van der Waals surface area contributed by atoms with Crippen molar-refractivity contribution >= 4 is 28.7 Å². The Hall–Kier alpha value is -2.75. The second kappa shape index (κ2) is 6.28. The Kier molecular flexibility index (Phi) is 4.29. The Balaban J connectivity index is 1.78. The summed E-state index contributed by atoms with van der Waals surface area (Å²) in [5.41, 5.74) is -0.594. The lowest BCUT2D eigenvalue weighted by molar-refractivity contribution is -0.137. The van der Waals surface area contributed by atoms with E-state index in [2.05, 4.69) is 15.5 Å². The van der Waals surface area contributed by atoms with Crippen LogP contribution >= 0.6 is 11.3 Å². The molecule has 130 valence electrons. The maximum absolute atomic E-state index is 12.8. The highest BCUT2D eigenvalue weighted by atomic mass is 32.1. The van der Waals surface area contributed by atoms with Crippen molar-refractivity contribution in [2.45, 2.75) is 19.6 Å². The van der Waals surface area contributed by atoms with E-state index in [1.807, 2.05) is 0 Å². The quantitative estimate of drug-likeness (QED) is 0.719. The molecule has 0 aliphatic heterocycles. The Bertz CT molecular complexity index is 961. The second-order valence-electron chi connectivity index (χ2n) is 5.16. The Labute approximate surface area is 143 Å². The first-order valence-electron chi connectivity index (χ1n) is 7.05. The van der Waals surface area contributed by atoms with E-state index < -0.39 is 17.6 Å². The fourth-order valence-electron chi connectivity index (χ4n) is 2.12. The van der Waals surface area contributed by atoms with Gasteiger partial charge in [0.05, 0.1) is 21.9 Å². The number of ketones is 1. The minimum absolute atomic E-state index is 0.103. The average molecular weight is 368 g/mol. The number of carbonyl (C=O) groups is 2. The highest BCUT2D eigenvalue weighted by molar-refractivity contribution is 7.15. The number of nitrogens with one attached hydrogen (secondary N) is 1. The zero-order valence-electron chi connectivity index (χ0n) is 12.8. The summed E-state index contributed by atoms with van der Waals surface area (Å²) in [4.78, 5) is 24.1. The van der Waals surface area contributed by atoms with Crippen molar-refractivity contribution in [1.29, 1.82) is 0 Å². The van der Waals surface area contributed by atoms with Gasteiger partial charge >= 0.3 is 6.18 Å². The average Bonchev–Trinajstić information content (AvgIpc) is 3.18. The molecule has 0 unspecified atom stereocenters. The molecule has 0 radical (unpaired) electrons. The van der Waals surface area contributed by atoms with Gasteiger partial charge in [0, 0.05) is 6.20 Å². The molecule has 3 aromatic heterocycles. The number of hydrogen-bond acceptors (Lipinski definition) is 5. The van der Waals surface area contributed by atoms with E-state index in [9.17, 15) is 22.8 Å². The van der Waals surface area contributed by atoms with Crippen LogP contribution < -0.4 is 5.32 Å². The van der Waals surface area contributed by atoms with Crippen LogP contribution in [0.1, 0.15) is 37.7 Å². The fraction of sp³-hybridized carbons (Fsp3) is 0.200. The molecule has 1 N–H and O–H groups in total. The Morgan fingerprint density at radius 1 is 1.16 bits per heavy atom. The number of nitrogens with zero attached hydrogens (tertiary/aromatic N) is 3. The Morgan fingerprint density at radius 2 is 1.88 bits per heavy atom. The third-order valence-electron chi connectivity index (χ3n) is 3.38. The van der Waals surface area contributed by atoms with Gasteiger partial charge in [-0.25, -0.2) is 0 Å². The van der Waals surface area contributed by atoms with Gasteiger partial charge in [-0.3, -0.25) is 14.0 Å². The largest absolute Gasteiger partial charge is 0.417 e. The van der Waals surface area contributed by atoms with Crippen molar-refractivity contribution in [2.75, 3.05) is 0 Å². The molecule has 0 aliphatic carbocycles. The van der Waals surface area contributed by atoms with Gasteiger partial charge in [-0.1, -0.05) is 0 Å². The molecule has 25 heavy (non-hydrogen) atoms. The number of fused-ring (bicyclic) bond motifs is 1. The standard InChI is InChI=1S/C15H11F3N4O2S/c1-8(23)10-3-4-11(25-10)14(24)19-6-13-21-20-12-5-2-9(7-22(12)13)15(16,17)18/h2-5,7H,6H2,1H3,(H,19,24). The molecular formula is C15H11F3N4O2S. The number of carbonyl (C=O) groups excluding carboxylic acids is 2. The van der Waals surface area contributed by atoms with Crippen LogP contribution in [0.15, 0.2) is 30.5 Å².